The van der Waals surface area contributed by atoms with E-state index >= 15 is 0 Å². The number of hydrogen-bond acceptors (Lipinski definition) is 5. The van der Waals surface area contributed by atoms with Crippen molar-refractivity contribution in [2.75, 3.05) is 0 Å². The number of carboxylic acid groups (broad SMARTS) is 1. The van der Waals surface area contributed by atoms with E-state index in [0.29, 0.717) is 12.8 Å². The molecule has 0 aliphatic carbocycles. The normalized spacial score (nSPS) is 30.1. The minimum absolute atomic E-state index is 0.198. The van der Waals surface area contributed by atoms with Crippen LogP contribution in [0.15, 0.2) is 12.2 Å². The second kappa shape index (κ2) is 9.59. The van der Waals surface area contributed by atoms with Gasteiger partial charge in [0.15, 0.2) is 6.29 Å². The highest BCUT2D eigenvalue weighted by Gasteiger charge is 2.35. The molecule has 22 heavy (non-hydrogen) atoms. The molecule has 0 aromatic heterocycles. The molecule has 1 aliphatic rings. The average molecular weight is 312 g/mol. The molecule has 1 heterocycles. The molecule has 124 valence electrons. The van der Waals surface area contributed by atoms with Gasteiger partial charge in [0, 0.05) is 12.5 Å². The Kier molecular flexibility index (Phi) is 8.13. The number of terminal acetylenes is 1. The zero-order chi connectivity index (χ0) is 16.5. The second-order valence-electron chi connectivity index (χ2n) is 5.40. The van der Waals surface area contributed by atoms with Crippen LogP contribution in [0.2, 0.25) is 0 Å². The number of aliphatic hydroxyl groups is 2. The van der Waals surface area contributed by atoms with E-state index in [-0.39, 0.29) is 6.42 Å². The van der Waals surface area contributed by atoms with Gasteiger partial charge in [0.2, 0.25) is 0 Å². The number of hydrogen-bond donors (Lipinski definition) is 3. The summed E-state index contributed by atoms with van der Waals surface area (Å²) in [4.78, 5) is 10.3. The molecule has 5 atom stereocenters. The van der Waals surface area contributed by atoms with Gasteiger partial charge in [0.05, 0.1) is 12.2 Å². The topological polar surface area (TPSA) is 96.2 Å². The maximum absolute atomic E-state index is 10.3. The van der Waals surface area contributed by atoms with E-state index in [2.05, 4.69) is 5.92 Å². The van der Waals surface area contributed by atoms with Crippen molar-refractivity contribution in [3.63, 3.8) is 0 Å². The molecule has 1 unspecified atom stereocenters. The van der Waals surface area contributed by atoms with Gasteiger partial charge < -0.3 is 24.8 Å². The van der Waals surface area contributed by atoms with Crippen LogP contribution in [0.3, 0.4) is 0 Å². The predicted molar refractivity (Wildman–Crippen MR) is 79.9 cm³/mol. The van der Waals surface area contributed by atoms with Crippen molar-refractivity contribution in [2.45, 2.75) is 69.7 Å². The van der Waals surface area contributed by atoms with Gasteiger partial charge in [-0.1, -0.05) is 12.0 Å². The number of allylic oxidation sites excluding steroid dienone is 1. The number of aliphatic hydroxyl groups excluding tert-OH is 2. The lowest BCUT2D eigenvalue weighted by molar-refractivity contribution is -0.269. The van der Waals surface area contributed by atoms with E-state index in [0.717, 1.165) is 18.9 Å². The van der Waals surface area contributed by atoms with E-state index < -0.39 is 36.7 Å². The van der Waals surface area contributed by atoms with Crippen molar-refractivity contribution in [1.82, 2.24) is 0 Å². The SMILES string of the molecule is C#C[C@H](CCCC/C=C/C(=O)O)O[C@@H]1OC(C)[C@H](O)C[C@@H]1O. The summed E-state index contributed by atoms with van der Waals surface area (Å²) in [7, 11) is 0. The average Bonchev–Trinajstić information content (AvgIpc) is 2.46. The zero-order valence-corrected chi connectivity index (χ0v) is 12.7. The first-order chi connectivity index (χ1) is 10.4. The summed E-state index contributed by atoms with van der Waals surface area (Å²) in [5.41, 5.74) is 0. The predicted octanol–water partition coefficient (Wildman–Crippen LogP) is 1.06. The van der Waals surface area contributed by atoms with Crippen LogP contribution in [-0.4, -0.2) is 52.0 Å². The molecule has 0 bridgehead atoms. The van der Waals surface area contributed by atoms with Crippen LogP contribution >= 0.6 is 0 Å². The first-order valence-corrected chi connectivity index (χ1v) is 7.46. The molecule has 1 rings (SSSR count). The molecule has 6 nitrogen and oxygen atoms in total. The number of carboxylic acids is 1. The minimum atomic E-state index is -0.954. The maximum atomic E-state index is 10.3. The second-order valence-corrected chi connectivity index (χ2v) is 5.40. The summed E-state index contributed by atoms with van der Waals surface area (Å²) in [6.07, 6.45) is 7.85. The summed E-state index contributed by atoms with van der Waals surface area (Å²) < 4.78 is 11.0. The molecule has 0 aromatic carbocycles. The Balaban J connectivity index is 2.30. The molecule has 1 aliphatic heterocycles. The largest absolute Gasteiger partial charge is 0.478 e. The van der Waals surface area contributed by atoms with Crippen LogP contribution in [0.4, 0.5) is 0 Å². The van der Waals surface area contributed by atoms with Gasteiger partial charge in [0.25, 0.3) is 0 Å². The van der Waals surface area contributed by atoms with Gasteiger partial charge in [-0.3, -0.25) is 0 Å². The Hall–Kier alpha value is -1.39. The Morgan fingerprint density at radius 1 is 1.45 bits per heavy atom. The lowest BCUT2D eigenvalue weighted by atomic mass is 10.0. The van der Waals surface area contributed by atoms with E-state index in [1.54, 1.807) is 13.0 Å². The number of unbranched alkanes of at least 4 members (excludes halogenated alkanes) is 2. The number of carbonyl (C=O) groups is 1. The van der Waals surface area contributed by atoms with Crippen LogP contribution in [0, 0.1) is 12.3 Å². The van der Waals surface area contributed by atoms with Crippen LogP contribution in [-0.2, 0) is 14.3 Å². The van der Waals surface area contributed by atoms with Crippen LogP contribution in [0.1, 0.15) is 39.0 Å². The highest BCUT2D eigenvalue weighted by atomic mass is 16.7. The van der Waals surface area contributed by atoms with Crippen molar-refractivity contribution in [2.24, 2.45) is 0 Å². The molecular weight excluding hydrogens is 288 g/mol. The van der Waals surface area contributed by atoms with Crippen molar-refractivity contribution in [3.8, 4) is 12.3 Å². The Morgan fingerprint density at radius 2 is 2.18 bits per heavy atom. The van der Waals surface area contributed by atoms with Crippen molar-refractivity contribution in [3.05, 3.63) is 12.2 Å². The summed E-state index contributed by atoms with van der Waals surface area (Å²) in [5.74, 6) is 1.56. The third-order valence-corrected chi connectivity index (χ3v) is 3.52. The summed E-state index contributed by atoms with van der Waals surface area (Å²) >= 11 is 0. The van der Waals surface area contributed by atoms with Gasteiger partial charge in [-0.25, -0.2) is 4.79 Å². The van der Waals surface area contributed by atoms with Gasteiger partial charge in [-0.2, -0.15) is 0 Å². The molecule has 6 heteroatoms. The van der Waals surface area contributed by atoms with Crippen molar-refractivity contribution in [1.29, 1.82) is 0 Å². The maximum Gasteiger partial charge on any atom is 0.327 e. The Morgan fingerprint density at radius 3 is 2.82 bits per heavy atom. The standard InChI is InChI=1S/C16H24O6/c1-3-12(8-6-4-5-7-9-15(19)20)22-16-14(18)10-13(17)11(2)21-16/h1,7,9,11-14,16-18H,4-6,8,10H2,2H3,(H,19,20)/b9-7+/t11?,12-,13-,14+,16+/m1/s1. The quantitative estimate of drug-likeness (QED) is 0.352. The van der Waals surface area contributed by atoms with E-state index in [4.69, 9.17) is 21.0 Å². The molecule has 0 amide bonds. The minimum Gasteiger partial charge on any atom is -0.478 e. The monoisotopic (exact) mass is 312 g/mol. The number of ether oxygens (including phenoxy) is 2. The van der Waals surface area contributed by atoms with E-state index in [1.807, 2.05) is 0 Å². The number of rotatable bonds is 8. The van der Waals surface area contributed by atoms with Gasteiger partial charge in [-0.05, 0) is 32.6 Å². The molecule has 1 saturated heterocycles. The van der Waals surface area contributed by atoms with Gasteiger partial charge >= 0.3 is 5.97 Å². The van der Waals surface area contributed by atoms with Crippen LogP contribution < -0.4 is 0 Å². The highest BCUT2D eigenvalue weighted by molar-refractivity contribution is 5.79. The molecule has 0 spiro atoms. The summed E-state index contributed by atoms with van der Waals surface area (Å²) in [5, 5.41) is 27.9. The van der Waals surface area contributed by atoms with Gasteiger partial charge in [0.1, 0.15) is 12.2 Å². The zero-order valence-electron chi connectivity index (χ0n) is 12.7. The third kappa shape index (κ3) is 6.58. The first-order valence-electron chi connectivity index (χ1n) is 7.46. The van der Waals surface area contributed by atoms with Gasteiger partial charge in [-0.15, -0.1) is 6.42 Å². The Bertz CT molecular complexity index is 413. The number of aliphatic carboxylic acids is 1. The summed E-state index contributed by atoms with van der Waals surface area (Å²) in [6, 6.07) is 0. The molecule has 3 N–H and O–H groups in total. The molecule has 0 saturated carbocycles. The van der Waals surface area contributed by atoms with E-state index in [1.165, 1.54) is 0 Å². The lowest BCUT2D eigenvalue weighted by Crippen LogP contribution is -2.48. The molecular formula is C16H24O6. The fraction of sp³-hybridized carbons (Fsp3) is 0.688. The Labute approximate surface area is 130 Å². The smallest absolute Gasteiger partial charge is 0.327 e. The third-order valence-electron chi connectivity index (χ3n) is 3.52. The fourth-order valence-electron chi connectivity index (χ4n) is 2.19. The van der Waals surface area contributed by atoms with Crippen LogP contribution in [0.25, 0.3) is 0 Å². The summed E-state index contributed by atoms with van der Waals surface area (Å²) in [6.45, 7) is 1.71. The highest BCUT2D eigenvalue weighted by Crippen LogP contribution is 2.23. The van der Waals surface area contributed by atoms with Crippen molar-refractivity contribution >= 4 is 5.97 Å². The molecule has 0 aromatic rings. The van der Waals surface area contributed by atoms with E-state index in [9.17, 15) is 15.0 Å². The lowest BCUT2D eigenvalue weighted by Gasteiger charge is -2.36. The van der Waals surface area contributed by atoms with Crippen LogP contribution in [0.5, 0.6) is 0 Å². The first kappa shape index (κ1) is 18.7. The molecule has 0 radical (unpaired) electrons. The fourth-order valence-corrected chi connectivity index (χ4v) is 2.19. The van der Waals surface area contributed by atoms with Crippen molar-refractivity contribution < 1.29 is 29.6 Å². The molecule has 1 fully saturated rings.